The van der Waals surface area contributed by atoms with Crippen molar-refractivity contribution in [1.29, 1.82) is 5.26 Å². The molecule has 2 aromatic rings. The van der Waals surface area contributed by atoms with Crippen LogP contribution in [0.2, 0.25) is 5.02 Å². The fraction of sp³-hybridized carbons (Fsp3) is 0.176. The molecule has 0 spiro atoms. The van der Waals surface area contributed by atoms with Crippen molar-refractivity contribution < 1.29 is 9.69 Å². The molecule has 0 saturated carbocycles. The van der Waals surface area contributed by atoms with E-state index < -0.39 is 0 Å². The molecule has 0 radical (unpaired) electrons. The number of nitrogens with one attached hydrogen (secondary N) is 2. The van der Waals surface area contributed by atoms with Crippen molar-refractivity contribution in [2.24, 2.45) is 0 Å². The molecule has 1 amide bonds. The maximum Gasteiger partial charge on any atom is 0.279 e. The number of likely N-dealkylation sites (N-methyl/N-ethyl adjacent to an activating group) is 1. The highest BCUT2D eigenvalue weighted by atomic mass is 35.5. The summed E-state index contributed by atoms with van der Waals surface area (Å²) in [6, 6.07) is 16.8. The van der Waals surface area contributed by atoms with Gasteiger partial charge in [0.1, 0.15) is 12.6 Å². The summed E-state index contributed by atoms with van der Waals surface area (Å²) in [4.78, 5) is 13.2. The van der Waals surface area contributed by atoms with Gasteiger partial charge >= 0.3 is 0 Å². The smallest absolute Gasteiger partial charge is 0.279 e. The van der Waals surface area contributed by atoms with Gasteiger partial charge in [-0.2, -0.15) is 5.26 Å². The first kappa shape index (κ1) is 16.0. The lowest BCUT2D eigenvalue weighted by molar-refractivity contribution is -0.885. The number of amides is 1. The van der Waals surface area contributed by atoms with Crippen LogP contribution in [0.1, 0.15) is 11.1 Å². The number of hydrogen-bond acceptors (Lipinski definition) is 2. The highest BCUT2D eigenvalue weighted by molar-refractivity contribution is 6.31. The molecule has 4 nitrogen and oxygen atoms in total. The number of hydrogen-bond donors (Lipinski definition) is 2. The summed E-state index contributed by atoms with van der Waals surface area (Å²) < 4.78 is 0. The lowest BCUT2D eigenvalue weighted by Gasteiger charge is -2.14. The lowest BCUT2D eigenvalue weighted by Crippen LogP contribution is -3.08. The molecule has 2 N–H and O–H groups in total. The minimum atomic E-state index is -0.146. The number of rotatable bonds is 5. The zero-order chi connectivity index (χ0) is 15.9. The summed E-state index contributed by atoms with van der Waals surface area (Å²) in [6.45, 7) is 1.07. The first-order valence-electron chi connectivity index (χ1n) is 6.93. The van der Waals surface area contributed by atoms with Crippen molar-refractivity contribution in [3.8, 4) is 6.07 Å². The number of anilines is 1. The van der Waals surface area contributed by atoms with Gasteiger partial charge in [0.15, 0.2) is 6.54 Å². The van der Waals surface area contributed by atoms with Gasteiger partial charge in [-0.3, -0.25) is 4.79 Å². The first-order chi connectivity index (χ1) is 10.6. The molecule has 22 heavy (non-hydrogen) atoms. The van der Waals surface area contributed by atoms with Gasteiger partial charge in [0, 0.05) is 10.6 Å². The van der Waals surface area contributed by atoms with Crippen LogP contribution >= 0.6 is 11.6 Å². The van der Waals surface area contributed by atoms with Gasteiger partial charge in [-0.1, -0.05) is 41.9 Å². The minimum absolute atomic E-state index is 0.146. The molecule has 112 valence electrons. The summed E-state index contributed by atoms with van der Waals surface area (Å²) in [7, 11) is 1.95. The Balaban J connectivity index is 1.96. The predicted octanol–water partition coefficient (Wildman–Crippen LogP) is 1.87. The van der Waals surface area contributed by atoms with E-state index >= 15 is 0 Å². The third-order valence-corrected chi connectivity index (χ3v) is 3.42. The van der Waals surface area contributed by atoms with Crippen molar-refractivity contribution in [3.63, 3.8) is 0 Å². The monoisotopic (exact) mass is 314 g/mol. The SMILES string of the molecule is C[NH+](CC(=O)Nc1cc(Cl)ccc1C#N)Cc1ccccc1. The summed E-state index contributed by atoms with van der Waals surface area (Å²) >= 11 is 5.90. The Bertz CT molecular complexity index is 695. The van der Waals surface area contributed by atoms with Crippen molar-refractivity contribution in [3.05, 3.63) is 64.7 Å². The number of carbonyl (C=O) groups is 1. The van der Waals surface area contributed by atoms with E-state index in [1.54, 1.807) is 18.2 Å². The number of carbonyl (C=O) groups excluding carboxylic acids is 1. The standard InChI is InChI=1S/C17H16ClN3O/c1-21(11-13-5-3-2-4-6-13)12-17(22)20-16-9-15(18)8-7-14(16)10-19/h2-9H,11-12H2,1H3,(H,20,22)/p+1. The topological polar surface area (TPSA) is 57.3 Å². The van der Waals surface area contributed by atoms with Gasteiger partial charge in [0.25, 0.3) is 5.91 Å². The molecule has 2 aromatic carbocycles. The zero-order valence-corrected chi connectivity index (χ0v) is 13.0. The number of quaternary nitrogens is 1. The fourth-order valence-corrected chi connectivity index (χ4v) is 2.36. The lowest BCUT2D eigenvalue weighted by atomic mass is 10.2. The molecule has 0 aliphatic rings. The summed E-state index contributed by atoms with van der Waals surface area (Å²) in [5.41, 5.74) is 2.03. The van der Waals surface area contributed by atoms with E-state index in [1.807, 2.05) is 43.4 Å². The maximum absolute atomic E-state index is 12.1. The molecule has 0 aliphatic carbocycles. The Hall–Kier alpha value is -2.35. The van der Waals surface area contributed by atoms with Crippen molar-refractivity contribution >= 4 is 23.2 Å². The molecule has 0 heterocycles. The second-order valence-electron chi connectivity index (χ2n) is 5.15. The Morgan fingerprint density at radius 3 is 2.68 bits per heavy atom. The quantitative estimate of drug-likeness (QED) is 0.885. The van der Waals surface area contributed by atoms with Crippen molar-refractivity contribution in [2.75, 3.05) is 18.9 Å². The van der Waals surface area contributed by atoms with Gasteiger partial charge in [-0.25, -0.2) is 0 Å². The van der Waals surface area contributed by atoms with Crippen LogP contribution < -0.4 is 10.2 Å². The third-order valence-electron chi connectivity index (χ3n) is 3.19. The molecule has 0 aliphatic heterocycles. The van der Waals surface area contributed by atoms with Crippen LogP contribution in [0.5, 0.6) is 0 Å². The highest BCUT2D eigenvalue weighted by Gasteiger charge is 2.13. The van der Waals surface area contributed by atoms with Crippen LogP contribution in [0.15, 0.2) is 48.5 Å². The van der Waals surface area contributed by atoms with Crippen LogP contribution in [-0.2, 0) is 11.3 Å². The molecule has 0 aromatic heterocycles. The molecule has 2 rings (SSSR count). The van der Waals surface area contributed by atoms with Gasteiger partial charge in [-0.05, 0) is 18.2 Å². The molecule has 0 saturated heterocycles. The molecular formula is C17H17ClN3O+. The summed E-state index contributed by atoms with van der Waals surface area (Å²) in [5.74, 6) is -0.146. The molecule has 0 bridgehead atoms. The Kier molecular flexibility index (Phi) is 5.54. The molecule has 1 unspecified atom stereocenters. The number of nitriles is 1. The van der Waals surface area contributed by atoms with Crippen LogP contribution in [0, 0.1) is 11.3 Å². The molecule has 1 atom stereocenters. The van der Waals surface area contributed by atoms with Gasteiger partial charge in [0.05, 0.1) is 18.3 Å². The maximum atomic E-state index is 12.1. The van der Waals surface area contributed by atoms with E-state index in [-0.39, 0.29) is 5.91 Å². The van der Waals surface area contributed by atoms with Gasteiger partial charge in [0.2, 0.25) is 0 Å². The third kappa shape index (κ3) is 4.59. The normalized spacial score (nSPS) is 11.5. The number of halogens is 1. The van der Waals surface area contributed by atoms with Gasteiger partial charge < -0.3 is 10.2 Å². The zero-order valence-electron chi connectivity index (χ0n) is 12.3. The minimum Gasteiger partial charge on any atom is -0.326 e. The summed E-state index contributed by atoms with van der Waals surface area (Å²) in [5, 5.41) is 12.3. The average molecular weight is 315 g/mol. The number of benzene rings is 2. The van der Waals surface area contributed by atoms with Crippen LogP contribution in [0.25, 0.3) is 0 Å². The Labute approximate surface area is 134 Å². The Morgan fingerprint density at radius 2 is 2.00 bits per heavy atom. The first-order valence-corrected chi connectivity index (χ1v) is 7.31. The van der Waals surface area contributed by atoms with Crippen LogP contribution in [-0.4, -0.2) is 19.5 Å². The second-order valence-corrected chi connectivity index (χ2v) is 5.58. The largest absolute Gasteiger partial charge is 0.326 e. The van der Waals surface area contributed by atoms with Crippen molar-refractivity contribution in [1.82, 2.24) is 0 Å². The highest BCUT2D eigenvalue weighted by Crippen LogP contribution is 2.20. The van der Waals surface area contributed by atoms with Gasteiger partial charge in [-0.15, -0.1) is 0 Å². The number of nitrogens with zero attached hydrogens (tertiary/aromatic N) is 1. The molecule has 5 heteroatoms. The van der Waals surface area contributed by atoms with Crippen LogP contribution in [0.4, 0.5) is 5.69 Å². The van der Waals surface area contributed by atoms with E-state index in [2.05, 4.69) is 5.32 Å². The predicted molar refractivity (Wildman–Crippen MR) is 86.7 cm³/mol. The molecular weight excluding hydrogens is 298 g/mol. The van der Waals surface area contributed by atoms with E-state index in [9.17, 15) is 4.79 Å². The Morgan fingerprint density at radius 1 is 1.27 bits per heavy atom. The van der Waals surface area contributed by atoms with Crippen LogP contribution in [0.3, 0.4) is 0 Å². The second kappa shape index (κ2) is 7.60. The molecule has 0 fully saturated rings. The van der Waals surface area contributed by atoms with E-state index in [1.165, 1.54) is 5.56 Å². The van der Waals surface area contributed by atoms with E-state index in [4.69, 9.17) is 16.9 Å². The van der Waals surface area contributed by atoms with Crippen molar-refractivity contribution in [2.45, 2.75) is 6.54 Å². The van der Waals surface area contributed by atoms with E-state index in [0.29, 0.717) is 22.8 Å². The average Bonchev–Trinajstić information content (AvgIpc) is 2.48. The van der Waals surface area contributed by atoms with E-state index in [0.717, 1.165) is 11.4 Å². The summed E-state index contributed by atoms with van der Waals surface area (Å²) in [6.07, 6.45) is 0. The fourth-order valence-electron chi connectivity index (χ4n) is 2.19.